The average Bonchev–Trinajstić information content (AvgIpc) is 2.97. The number of nitriles is 1. The van der Waals surface area contributed by atoms with Gasteiger partial charge in [0.15, 0.2) is 5.60 Å². The molecule has 1 unspecified atom stereocenters. The molecule has 3 aliphatic rings. The Labute approximate surface area is 145 Å². The van der Waals surface area contributed by atoms with Crippen molar-refractivity contribution >= 4 is 0 Å². The molecule has 0 saturated heterocycles. The van der Waals surface area contributed by atoms with E-state index in [0.717, 1.165) is 23.1 Å². The zero-order valence-electron chi connectivity index (χ0n) is 13.3. The lowest BCUT2D eigenvalue weighted by Gasteiger charge is -2.70. The summed E-state index contributed by atoms with van der Waals surface area (Å²) in [5.74, 6) is -6.03. The van der Waals surface area contributed by atoms with Crippen LogP contribution in [0, 0.1) is 33.8 Å². The van der Waals surface area contributed by atoms with Gasteiger partial charge in [0.25, 0.3) is 5.92 Å². The van der Waals surface area contributed by atoms with Gasteiger partial charge in [0.2, 0.25) is 0 Å². The number of tetrazole rings is 1. The van der Waals surface area contributed by atoms with Gasteiger partial charge >= 0.3 is 0 Å². The molecule has 10 heteroatoms. The molecule has 6 nitrogen and oxygen atoms in total. The minimum atomic E-state index is -3.79. The monoisotopic (exact) mass is 367 g/mol. The van der Waals surface area contributed by atoms with E-state index < -0.39 is 46.1 Å². The first-order valence-corrected chi connectivity index (χ1v) is 7.85. The molecular weight excluding hydrogens is 354 g/mol. The van der Waals surface area contributed by atoms with Crippen LogP contribution in [-0.4, -0.2) is 31.2 Å². The summed E-state index contributed by atoms with van der Waals surface area (Å²) in [4.78, 5) is 0. The number of rotatable bonds is 5. The van der Waals surface area contributed by atoms with Crippen molar-refractivity contribution in [1.82, 2.24) is 20.2 Å². The second-order valence-electron chi connectivity index (χ2n) is 7.27. The molecular formula is C16H13F4N5O. The van der Waals surface area contributed by atoms with Crippen LogP contribution in [-0.2, 0) is 12.1 Å². The number of nitrogens with zero attached hydrogens (tertiary/aromatic N) is 5. The Morgan fingerprint density at radius 1 is 1.27 bits per heavy atom. The van der Waals surface area contributed by atoms with Crippen LogP contribution in [0.15, 0.2) is 24.5 Å². The molecule has 1 heterocycles. The van der Waals surface area contributed by atoms with Crippen LogP contribution >= 0.6 is 0 Å². The van der Waals surface area contributed by atoms with Crippen LogP contribution in [0.4, 0.5) is 17.6 Å². The minimum Gasteiger partial charge on any atom is -0.377 e. The van der Waals surface area contributed by atoms with E-state index in [2.05, 4.69) is 15.5 Å². The molecule has 1 atom stereocenters. The quantitative estimate of drug-likeness (QED) is 0.819. The summed E-state index contributed by atoms with van der Waals surface area (Å²) in [6, 6.07) is 4.06. The van der Waals surface area contributed by atoms with Crippen molar-refractivity contribution in [3.05, 3.63) is 41.7 Å². The molecule has 26 heavy (non-hydrogen) atoms. The molecule has 0 radical (unpaired) electrons. The van der Waals surface area contributed by atoms with Gasteiger partial charge < -0.3 is 5.11 Å². The summed E-state index contributed by atoms with van der Waals surface area (Å²) >= 11 is 0. The van der Waals surface area contributed by atoms with Crippen molar-refractivity contribution in [2.24, 2.45) is 10.8 Å². The van der Waals surface area contributed by atoms with E-state index >= 15 is 8.78 Å². The van der Waals surface area contributed by atoms with Crippen molar-refractivity contribution in [2.45, 2.75) is 37.3 Å². The van der Waals surface area contributed by atoms with E-state index in [1.54, 1.807) is 0 Å². The Morgan fingerprint density at radius 2 is 1.96 bits per heavy atom. The molecule has 1 aromatic heterocycles. The molecule has 3 aliphatic carbocycles. The molecule has 0 spiro atoms. The number of hydrogen-bond donors (Lipinski definition) is 1. The van der Waals surface area contributed by atoms with Gasteiger partial charge in [-0.05, 0) is 41.8 Å². The maximum Gasteiger partial charge on any atom is 0.287 e. The largest absolute Gasteiger partial charge is 0.377 e. The lowest BCUT2D eigenvalue weighted by Crippen LogP contribution is -2.74. The maximum absolute atomic E-state index is 15.5. The van der Waals surface area contributed by atoms with Crippen LogP contribution in [0.5, 0.6) is 0 Å². The number of alkyl halides is 2. The smallest absolute Gasteiger partial charge is 0.287 e. The molecule has 3 saturated carbocycles. The molecule has 136 valence electrons. The Morgan fingerprint density at radius 3 is 2.50 bits per heavy atom. The number of aromatic nitrogens is 4. The number of benzene rings is 1. The number of hydrogen-bond acceptors (Lipinski definition) is 5. The molecule has 5 rings (SSSR count). The van der Waals surface area contributed by atoms with Crippen molar-refractivity contribution in [3.8, 4) is 6.07 Å². The highest BCUT2D eigenvalue weighted by atomic mass is 19.3. The zero-order chi connectivity index (χ0) is 18.8. The van der Waals surface area contributed by atoms with Crippen LogP contribution in [0.25, 0.3) is 0 Å². The molecule has 3 fully saturated rings. The highest BCUT2D eigenvalue weighted by Crippen LogP contribution is 2.80. The van der Waals surface area contributed by atoms with Gasteiger partial charge in [-0.2, -0.15) is 5.26 Å². The van der Waals surface area contributed by atoms with E-state index in [1.165, 1.54) is 0 Å². The second-order valence-corrected chi connectivity index (χ2v) is 7.27. The topological polar surface area (TPSA) is 87.6 Å². The van der Waals surface area contributed by atoms with Gasteiger partial charge in [-0.3, -0.25) is 0 Å². The zero-order valence-corrected chi connectivity index (χ0v) is 13.3. The standard InChI is InChI=1S/C16H13F4N5O/c17-10-1-2-11(12(18)3-10)15(26,8-25-9-22-23-24-25)16(19,20)14-4-13(5-14,6-14)7-21/h1-3,9,26H,4-6,8H2. The summed E-state index contributed by atoms with van der Waals surface area (Å²) in [6.45, 7) is -0.823. The average molecular weight is 367 g/mol. The summed E-state index contributed by atoms with van der Waals surface area (Å²) in [7, 11) is 0. The Kier molecular flexibility index (Phi) is 3.25. The van der Waals surface area contributed by atoms with Gasteiger partial charge in [-0.25, -0.2) is 22.2 Å². The van der Waals surface area contributed by atoms with Crippen molar-refractivity contribution in [3.63, 3.8) is 0 Å². The first-order chi connectivity index (χ1) is 12.2. The fourth-order valence-corrected chi connectivity index (χ4v) is 4.34. The van der Waals surface area contributed by atoms with Crippen molar-refractivity contribution < 1.29 is 22.7 Å². The first-order valence-electron chi connectivity index (χ1n) is 7.85. The fourth-order valence-electron chi connectivity index (χ4n) is 4.34. The van der Waals surface area contributed by atoms with E-state index in [-0.39, 0.29) is 19.3 Å². The third kappa shape index (κ3) is 1.97. The van der Waals surface area contributed by atoms with E-state index in [9.17, 15) is 13.9 Å². The molecule has 1 N–H and O–H groups in total. The van der Waals surface area contributed by atoms with Crippen LogP contribution < -0.4 is 0 Å². The van der Waals surface area contributed by atoms with Gasteiger partial charge in [0, 0.05) is 17.0 Å². The van der Waals surface area contributed by atoms with Crippen molar-refractivity contribution in [2.75, 3.05) is 0 Å². The van der Waals surface area contributed by atoms with Crippen molar-refractivity contribution in [1.29, 1.82) is 5.26 Å². The van der Waals surface area contributed by atoms with Gasteiger partial charge in [0.1, 0.15) is 18.0 Å². The maximum atomic E-state index is 15.5. The first kappa shape index (κ1) is 16.9. The lowest BCUT2D eigenvalue weighted by molar-refractivity contribution is -0.356. The van der Waals surface area contributed by atoms with Crippen LogP contribution in [0.1, 0.15) is 24.8 Å². The van der Waals surface area contributed by atoms with Gasteiger partial charge in [-0.15, -0.1) is 5.10 Å². The minimum absolute atomic E-state index is 0.0791. The van der Waals surface area contributed by atoms with E-state index in [4.69, 9.17) is 5.26 Å². The van der Waals surface area contributed by atoms with Crippen LogP contribution in [0.2, 0.25) is 0 Å². The SMILES string of the molecule is N#CC12CC(C(F)(F)C(O)(Cn3cnnn3)c3ccc(F)cc3F)(C1)C2. The predicted molar refractivity (Wildman–Crippen MR) is 77.3 cm³/mol. The Hall–Kier alpha value is -2.54. The summed E-state index contributed by atoms with van der Waals surface area (Å²) in [5, 5.41) is 30.2. The fraction of sp³-hybridized carbons (Fsp3) is 0.500. The Balaban J connectivity index is 1.80. The normalized spacial score (nSPS) is 29.2. The summed E-state index contributed by atoms with van der Waals surface area (Å²) in [6.07, 6.45) is 0.778. The summed E-state index contributed by atoms with van der Waals surface area (Å²) < 4.78 is 59.4. The van der Waals surface area contributed by atoms with E-state index in [1.807, 2.05) is 6.07 Å². The molecule has 2 bridgehead atoms. The third-order valence-corrected chi connectivity index (χ3v) is 5.61. The second kappa shape index (κ2) is 5.01. The molecule has 1 aromatic carbocycles. The number of aliphatic hydroxyl groups is 1. The molecule has 2 aromatic rings. The van der Waals surface area contributed by atoms with Gasteiger partial charge in [0.05, 0.1) is 18.0 Å². The van der Waals surface area contributed by atoms with E-state index in [0.29, 0.717) is 6.07 Å². The third-order valence-electron chi connectivity index (χ3n) is 5.61. The lowest BCUT2D eigenvalue weighted by atomic mass is 9.32. The summed E-state index contributed by atoms with van der Waals surface area (Å²) in [5.41, 5.74) is -6.15. The van der Waals surface area contributed by atoms with Gasteiger partial charge in [-0.1, -0.05) is 0 Å². The predicted octanol–water partition coefficient (Wildman–Crippen LogP) is 2.17. The van der Waals surface area contributed by atoms with Crippen LogP contribution in [0.3, 0.4) is 0 Å². The molecule has 0 aliphatic heterocycles. The highest BCUT2D eigenvalue weighted by Gasteiger charge is 2.82. The molecule has 0 amide bonds. The Bertz CT molecular complexity index is 890. The highest BCUT2D eigenvalue weighted by molar-refractivity contribution is 5.36. The number of halogens is 4.